The van der Waals surface area contributed by atoms with E-state index in [2.05, 4.69) is 30.3 Å². The van der Waals surface area contributed by atoms with Gasteiger partial charge in [-0.05, 0) is 61.7 Å². The van der Waals surface area contributed by atoms with Crippen molar-refractivity contribution < 1.29 is 9.26 Å². The summed E-state index contributed by atoms with van der Waals surface area (Å²) >= 11 is 0. The van der Waals surface area contributed by atoms with Crippen LogP contribution in [-0.4, -0.2) is 17.3 Å². The molecule has 4 rings (SSSR count). The average Bonchev–Trinajstić information content (AvgIpc) is 3.12. The molecule has 0 bridgehead atoms. The molecule has 0 spiro atoms. The molecule has 0 aliphatic rings. The molecular formula is C23H23N3O2. The molecule has 1 atom stereocenters. The molecule has 0 fully saturated rings. The summed E-state index contributed by atoms with van der Waals surface area (Å²) in [6, 6.07) is 14.3. The molecule has 0 aliphatic heterocycles. The molecule has 2 heterocycles. The molecule has 0 saturated carbocycles. The zero-order chi connectivity index (χ0) is 19.8. The van der Waals surface area contributed by atoms with Crippen molar-refractivity contribution in [3.05, 3.63) is 65.5 Å². The van der Waals surface area contributed by atoms with Crippen molar-refractivity contribution in [1.29, 1.82) is 0 Å². The van der Waals surface area contributed by atoms with Crippen molar-refractivity contribution in [3.8, 4) is 28.1 Å². The van der Waals surface area contributed by atoms with Crippen LogP contribution < -0.4 is 10.5 Å². The molecule has 0 radical (unpaired) electrons. The van der Waals surface area contributed by atoms with Gasteiger partial charge in [0.2, 0.25) is 0 Å². The highest BCUT2D eigenvalue weighted by Gasteiger charge is 2.18. The van der Waals surface area contributed by atoms with Crippen LogP contribution in [0.3, 0.4) is 0 Å². The Morgan fingerprint density at radius 3 is 2.39 bits per heavy atom. The van der Waals surface area contributed by atoms with Crippen LogP contribution in [0.15, 0.2) is 53.3 Å². The molecule has 4 aromatic rings. The number of aryl methyl sites for hydroxylation is 2. The first kappa shape index (κ1) is 18.2. The van der Waals surface area contributed by atoms with Gasteiger partial charge in [0.1, 0.15) is 12.0 Å². The van der Waals surface area contributed by atoms with Gasteiger partial charge in [-0.1, -0.05) is 23.4 Å². The zero-order valence-corrected chi connectivity index (χ0v) is 16.5. The van der Waals surface area contributed by atoms with Crippen LogP contribution >= 0.6 is 0 Å². The number of benzene rings is 2. The summed E-state index contributed by atoms with van der Waals surface area (Å²) in [5, 5.41) is 5.10. The van der Waals surface area contributed by atoms with Crippen molar-refractivity contribution in [2.24, 2.45) is 5.73 Å². The second kappa shape index (κ2) is 7.09. The fourth-order valence-corrected chi connectivity index (χ4v) is 3.54. The molecule has 0 saturated heterocycles. The summed E-state index contributed by atoms with van der Waals surface area (Å²) in [5.74, 6) is 0.812. The van der Waals surface area contributed by atoms with Gasteiger partial charge in [-0.15, -0.1) is 0 Å². The summed E-state index contributed by atoms with van der Waals surface area (Å²) in [6.45, 7) is 5.99. The lowest BCUT2D eigenvalue weighted by molar-refractivity contribution is 0.415. The maximum absolute atomic E-state index is 6.26. The summed E-state index contributed by atoms with van der Waals surface area (Å²) in [7, 11) is 1.66. The van der Waals surface area contributed by atoms with E-state index >= 15 is 0 Å². The van der Waals surface area contributed by atoms with Gasteiger partial charge in [0, 0.05) is 17.0 Å². The fourth-order valence-electron chi connectivity index (χ4n) is 3.54. The van der Waals surface area contributed by atoms with Gasteiger partial charge in [-0.25, -0.2) is 4.98 Å². The van der Waals surface area contributed by atoms with Crippen molar-refractivity contribution in [2.75, 3.05) is 7.11 Å². The van der Waals surface area contributed by atoms with Crippen molar-refractivity contribution in [1.82, 2.24) is 10.1 Å². The predicted octanol–water partition coefficient (Wildman–Crippen LogP) is 5.20. The maximum Gasteiger partial charge on any atom is 0.133 e. The number of ether oxygens (including phenoxy) is 1. The van der Waals surface area contributed by atoms with E-state index in [0.717, 1.165) is 55.9 Å². The number of nitrogens with two attached hydrogens (primary N) is 1. The van der Waals surface area contributed by atoms with Crippen LogP contribution in [0.2, 0.25) is 0 Å². The fraction of sp³-hybridized carbons (Fsp3) is 0.217. The Balaban J connectivity index is 2.05. The highest BCUT2D eigenvalue weighted by molar-refractivity contribution is 5.94. The Morgan fingerprint density at radius 1 is 1.04 bits per heavy atom. The van der Waals surface area contributed by atoms with Gasteiger partial charge in [0.05, 0.1) is 29.6 Å². The number of fused-ring (bicyclic) bond motifs is 1. The molecule has 5 heteroatoms. The Bertz CT molecular complexity index is 1140. The predicted molar refractivity (Wildman–Crippen MR) is 111 cm³/mol. The average molecular weight is 373 g/mol. The van der Waals surface area contributed by atoms with E-state index < -0.39 is 0 Å². The number of methoxy groups -OCH3 is 1. The maximum atomic E-state index is 6.26. The van der Waals surface area contributed by atoms with Gasteiger partial charge in [0.15, 0.2) is 0 Å². The van der Waals surface area contributed by atoms with E-state index in [1.54, 1.807) is 13.4 Å². The number of aromatic nitrogens is 2. The summed E-state index contributed by atoms with van der Waals surface area (Å²) in [6.07, 6.45) is 1.65. The van der Waals surface area contributed by atoms with E-state index in [4.69, 9.17) is 20.0 Å². The highest BCUT2D eigenvalue weighted by Crippen LogP contribution is 2.37. The van der Waals surface area contributed by atoms with Crippen LogP contribution in [0.4, 0.5) is 0 Å². The molecule has 1 unspecified atom stereocenters. The third-order valence-electron chi connectivity index (χ3n) is 5.01. The first-order valence-corrected chi connectivity index (χ1v) is 9.24. The molecule has 28 heavy (non-hydrogen) atoms. The monoisotopic (exact) mass is 373 g/mol. The molecule has 0 amide bonds. The smallest absolute Gasteiger partial charge is 0.133 e. The largest absolute Gasteiger partial charge is 0.497 e. The van der Waals surface area contributed by atoms with Crippen LogP contribution in [0.25, 0.3) is 33.3 Å². The van der Waals surface area contributed by atoms with Crippen molar-refractivity contribution >= 4 is 10.9 Å². The standard InChI is InChI=1S/C23H23N3O2/c1-13-9-18(14(2)24)20-11-19(16-5-7-17(27-4)8-6-16)23(25-22(20)10-13)21-12-28-26-15(21)3/h5-12,14H,24H2,1-4H3. The van der Waals surface area contributed by atoms with Gasteiger partial charge in [-0.3, -0.25) is 0 Å². The van der Waals surface area contributed by atoms with Crippen LogP contribution in [0.1, 0.15) is 29.8 Å². The first-order valence-electron chi connectivity index (χ1n) is 9.24. The summed E-state index contributed by atoms with van der Waals surface area (Å²) < 4.78 is 10.5. The van der Waals surface area contributed by atoms with Gasteiger partial charge in [-0.2, -0.15) is 0 Å². The SMILES string of the molecule is COc1ccc(-c2cc3c(C(C)N)cc(C)cc3nc2-c2conc2C)cc1. The summed E-state index contributed by atoms with van der Waals surface area (Å²) in [5.41, 5.74) is 14.0. The van der Waals surface area contributed by atoms with Crippen LogP contribution in [0.5, 0.6) is 5.75 Å². The molecule has 2 aromatic heterocycles. The van der Waals surface area contributed by atoms with E-state index in [1.165, 1.54) is 0 Å². The number of nitrogens with zero attached hydrogens (tertiary/aromatic N) is 2. The summed E-state index contributed by atoms with van der Waals surface area (Å²) in [4.78, 5) is 5.01. The quantitative estimate of drug-likeness (QED) is 0.532. The minimum Gasteiger partial charge on any atom is -0.497 e. The lowest BCUT2D eigenvalue weighted by Gasteiger charge is -2.16. The zero-order valence-electron chi connectivity index (χ0n) is 16.5. The Hall–Kier alpha value is -3.18. The van der Waals surface area contributed by atoms with E-state index in [0.29, 0.717) is 0 Å². The Morgan fingerprint density at radius 2 is 1.79 bits per heavy atom. The lowest BCUT2D eigenvalue weighted by atomic mass is 9.94. The topological polar surface area (TPSA) is 74.2 Å². The van der Waals surface area contributed by atoms with E-state index in [1.807, 2.05) is 38.1 Å². The van der Waals surface area contributed by atoms with Gasteiger partial charge in [0.25, 0.3) is 0 Å². The molecule has 2 aromatic carbocycles. The third-order valence-corrected chi connectivity index (χ3v) is 5.01. The van der Waals surface area contributed by atoms with Crippen molar-refractivity contribution in [3.63, 3.8) is 0 Å². The van der Waals surface area contributed by atoms with E-state index in [-0.39, 0.29) is 6.04 Å². The second-order valence-corrected chi connectivity index (χ2v) is 7.14. The van der Waals surface area contributed by atoms with Crippen molar-refractivity contribution in [2.45, 2.75) is 26.8 Å². The molecule has 142 valence electrons. The molecule has 5 nitrogen and oxygen atoms in total. The minimum atomic E-state index is -0.0869. The minimum absolute atomic E-state index is 0.0869. The number of rotatable bonds is 4. The molecule has 0 aliphatic carbocycles. The molecule has 2 N–H and O–H groups in total. The lowest BCUT2D eigenvalue weighted by Crippen LogP contribution is -2.07. The van der Waals surface area contributed by atoms with E-state index in [9.17, 15) is 0 Å². The second-order valence-electron chi connectivity index (χ2n) is 7.14. The number of hydrogen-bond donors (Lipinski definition) is 1. The highest BCUT2D eigenvalue weighted by atomic mass is 16.5. The Labute approximate surface area is 164 Å². The van der Waals surface area contributed by atoms with Crippen LogP contribution in [0, 0.1) is 13.8 Å². The molecular weight excluding hydrogens is 350 g/mol. The normalized spacial score (nSPS) is 12.3. The van der Waals surface area contributed by atoms with Gasteiger partial charge < -0.3 is 15.0 Å². The van der Waals surface area contributed by atoms with Crippen LogP contribution in [-0.2, 0) is 0 Å². The first-order chi connectivity index (χ1) is 13.5. The van der Waals surface area contributed by atoms with Gasteiger partial charge >= 0.3 is 0 Å². The number of hydrogen-bond acceptors (Lipinski definition) is 5. The number of pyridine rings is 1. The Kier molecular flexibility index (Phi) is 4.61. The third kappa shape index (κ3) is 3.14.